The number of nitrogens with two attached hydrogens (primary N) is 1. The van der Waals surface area contributed by atoms with Crippen LogP contribution in [0.4, 0.5) is 11.1 Å². The van der Waals surface area contributed by atoms with Crippen molar-refractivity contribution in [1.29, 1.82) is 0 Å². The molecule has 1 aromatic heterocycles. The molecular weight excluding hydrogens is 200 g/mol. The molecule has 1 heterocycles. The second-order valence-corrected chi connectivity index (χ2v) is 4.11. The molecule has 5 nitrogen and oxygen atoms in total. The molecule has 1 rings (SSSR count). The zero-order valence-electron chi connectivity index (χ0n) is 8.49. The minimum atomic E-state index is 0.320. The van der Waals surface area contributed by atoms with Crippen molar-refractivity contribution in [2.24, 2.45) is 5.92 Å². The Labute approximate surface area is 87.8 Å². The maximum absolute atomic E-state index is 5.39. The van der Waals surface area contributed by atoms with Crippen molar-refractivity contribution >= 4 is 22.6 Å². The van der Waals surface area contributed by atoms with E-state index in [9.17, 15) is 0 Å². The molecule has 80 valence electrons. The number of nitrogens with one attached hydrogen (secondary N) is 1. The summed E-state index contributed by atoms with van der Waals surface area (Å²) in [6, 6.07) is 0. The third-order valence-corrected chi connectivity index (χ3v) is 2.10. The van der Waals surface area contributed by atoms with Crippen molar-refractivity contribution in [2.75, 3.05) is 30.8 Å². The van der Waals surface area contributed by atoms with Crippen LogP contribution in [0.5, 0.6) is 0 Å². The summed E-state index contributed by atoms with van der Waals surface area (Å²) in [5.41, 5.74) is 5.37. The molecule has 3 N–H and O–H groups in total. The highest BCUT2D eigenvalue weighted by Crippen LogP contribution is 2.10. The summed E-state index contributed by atoms with van der Waals surface area (Å²) in [6.45, 7) is 6.46. The first-order valence-corrected chi connectivity index (χ1v) is 5.36. The lowest BCUT2D eigenvalue weighted by molar-refractivity contribution is 0.118. The fraction of sp³-hybridized carbons (Fsp3) is 0.750. The molecule has 6 heteroatoms. The molecule has 0 aromatic carbocycles. The van der Waals surface area contributed by atoms with Crippen LogP contribution in [0.2, 0.25) is 0 Å². The lowest BCUT2D eigenvalue weighted by atomic mass is 10.2. The predicted octanol–water partition coefficient (Wildman–Crippen LogP) is 1.20. The summed E-state index contributed by atoms with van der Waals surface area (Å²) in [6.07, 6.45) is 0. The van der Waals surface area contributed by atoms with E-state index in [1.807, 2.05) is 0 Å². The van der Waals surface area contributed by atoms with Crippen LogP contribution in [0.25, 0.3) is 0 Å². The number of anilines is 2. The molecule has 0 fully saturated rings. The lowest BCUT2D eigenvalue weighted by Gasteiger charge is -2.06. The van der Waals surface area contributed by atoms with Crippen molar-refractivity contribution in [1.82, 2.24) is 9.36 Å². The third kappa shape index (κ3) is 4.38. The van der Waals surface area contributed by atoms with Gasteiger partial charge in [-0.2, -0.15) is 9.36 Å². The Balaban J connectivity index is 2.04. The van der Waals surface area contributed by atoms with Gasteiger partial charge >= 0.3 is 0 Å². The fourth-order valence-corrected chi connectivity index (χ4v) is 1.38. The number of hydrogen-bond donors (Lipinski definition) is 2. The van der Waals surface area contributed by atoms with Gasteiger partial charge in [-0.1, -0.05) is 13.8 Å². The van der Waals surface area contributed by atoms with Gasteiger partial charge in [-0.3, -0.25) is 0 Å². The first-order valence-electron chi connectivity index (χ1n) is 4.59. The smallest absolute Gasteiger partial charge is 0.233 e. The average Bonchev–Trinajstić information content (AvgIpc) is 2.50. The van der Waals surface area contributed by atoms with Gasteiger partial charge in [0.25, 0.3) is 0 Å². The number of aromatic nitrogens is 2. The van der Waals surface area contributed by atoms with Gasteiger partial charge in [0.2, 0.25) is 11.1 Å². The fourth-order valence-electron chi connectivity index (χ4n) is 0.856. The van der Waals surface area contributed by atoms with Gasteiger partial charge in [0, 0.05) is 24.7 Å². The van der Waals surface area contributed by atoms with Crippen LogP contribution in [-0.4, -0.2) is 29.1 Å². The van der Waals surface area contributed by atoms with E-state index in [2.05, 4.69) is 28.5 Å². The number of rotatable bonds is 6. The maximum atomic E-state index is 5.39. The Morgan fingerprint density at radius 3 is 2.93 bits per heavy atom. The molecule has 0 unspecified atom stereocenters. The van der Waals surface area contributed by atoms with Crippen LogP contribution in [-0.2, 0) is 4.74 Å². The van der Waals surface area contributed by atoms with E-state index >= 15 is 0 Å². The molecule has 0 aliphatic carbocycles. The SMILES string of the molecule is CC(C)COCCNc1nc(N)ns1. The van der Waals surface area contributed by atoms with E-state index in [1.54, 1.807) is 0 Å². The van der Waals surface area contributed by atoms with E-state index in [0.717, 1.165) is 18.3 Å². The Morgan fingerprint density at radius 1 is 1.57 bits per heavy atom. The molecule has 0 spiro atoms. The van der Waals surface area contributed by atoms with E-state index in [-0.39, 0.29) is 0 Å². The topological polar surface area (TPSA) is 73.1 Å². The number of ether oxygens (including phenoxy) is 1. The standard InChI is InChI=1S/C8H16N4OS/c1-6(2)5-13-4-3-10-8-11-7(9)12-14-8/h6H,3-5H2,1-2H3,(H3,9,10,11,12). The number of nitrogens with zero attached hydrogens (tertiary/aromatic N) is 2. The predicted molar refractivity (Wildman–Crippen MR) is 58.5 cm³/mol. The van der Waals surface area contributed by atoms with Crippen LogP contribution in [0.3, 0.4) is 0 Å². The summed E-state index contributed by atoms with van der Waals surface area (Å²) in [5, 5.41) is 3.83. The normalized spacial score (nSPS) is 10.8. The monoisotopic (exact) mass is 216 g/mol. The minimum Gasteiger partial charge on any atom is -0.379 e. The van der Waals surface area contributed by atoms with Crippen molar-refractivity contribution in [3.63, 3.8) is 0 Å². The molecule has 0 saturated heterocycles. The highest BCUT2D eigenvalue weighted by Gasteiger charge is 1.98. The van der Waals surface area contributed by atoms with Gasteiger partial charge in [0.1, 0.15) is 0 Å². The van der Waals surface area contributed by atoms with E-state index in [0.29, 0.717) is 18.5 Å². The van der Waals surface area contributed by atoms with E-state index in [1.165, 1.54) is 11.5 Å². The quantitative estimate of drug-likeness (QED) is 0.699. The van der Waals surface area contributed by atoms with Crippen LogP contribution >= 0.6 is 11.5 Å². The van der Waals surface area contributed by atoms with Gasteiger partial charge in [-0.05, 0) is 5.92 Å². The Morgan fingerprint density at radius 2 is 2.36 bits per heavy atom. The third-order valence-electron chi connectivity index (χ3n) is 1.42. The van der Waals surface area contributed by atoms with Crippen molar-refractivity contribution in [2.45, 2.75) is 13.8 Å². The average molecular weight is 216 g/mol. The second-order valence-electron chi connectivity index (χ2n) is 3.35. The van der Waals surface area contributed by atoms with Gasteiger partial charge in [0.05, 0.1) is 6.61 Å². The summed E-state index contributed by atoms with van der Waals surface area (Å²) < 4.78 is 9.24. The van der Waals surface area contributed by atoms with E-state index < -0.39 is 0 Å². The zero-order chi connectivity index (χ0) is 10.4. The highest BCUT2D eigenvalue weighted by atomic mass is 32.1. The molecule has 0 bridgehead atoms. The number of nitrogen functional groups attached to an aromatic ring is 1. The summed E-state index contributed by atoms with van der Waals surface area (Å²) in [5.74, 6) is 0.896. The summed E-state index contributed by atoms with van der Waals surface area (Å²) in [7, 11) is 0. The van der Waals surface area contributed by atoms with Crippen LogP contribution in [0.1, 0.15) is 13.8 Å². The molecule has 1 aromatic rings. The van der Waals surface area contributed by atoms with Crippen LogP contribution in [0.15, 0.2) is 0 Å². The first-order chi connectivity index (χ1) is 6.68. The van der Waals surface area contributed by atoms with Crippen molar-refractivity contribution < 1.29 is 4.74 Å². The van der Waals surface area contributed by atoms with Crippen molar-refractivity contribution in [3.8, 4) is 0 Å². The Kier molecular flexibility index (Phi) is 4.61. The van der Waals surface area contributed by atoms with Crippen LogP contribution < -0.4 is 11.1 Å². The Bertz CT molecular complexity index is 264. The second kappa shape index (κ2) is 5.77. The summed E-state index contributed by atoms with van der Waals surface area (Å²) in [4.78, 5) is 3.96. The van der Waals surface area contributed by atoms with Gasteiger partial charge in [-0.25, -0.2) is 0 Å². The summed E-state index contributed by atoms with van der Waals surface area (Å²) >= 11 is 1.26. The largest absolute Gasteiger partial charge is 0.379 e. The number of hydrogen-bond acceptors (Lipinski definition) is 6. The highest BCUT2D eigenvalue weighted by molar-refractivity contribution is 7.09. The molecule has 0 radical (unpaired) electrons. The van der Waals surface area contributed by atoms with Gasteiger partial charge < -0.3 is 15.8 Å². The first kappa shape index (κ1) is 11.2. The lowest BCUT2D eigenvalue weighted by Crippen LogP contribution is -2.11. The van der Waals surface area contributed by atoms with Gasteiger partial charge in [-0.15, -0.1) is 0 Å². The molecule has 0 aliphatic rings. The minimum absolute atomic E-state index is 0.320. The maximum Gasteiger partial charge on any atom is 0.233 e. The van der Waals surface area contributed by atoms with Gasteiger partial charge in [0.15, 0.2) is 0 Å². The molecule has 0 aliphatic heterocycles. The Hall–Kier alpha value is -0.880. The van der Waals surface area contributed by atoms with E-state index in [4.69, 9.17) is 10.5 Å². The molecular formula is C8H16N4OS. The molecule has 14 heavy (non-hydrogen) atoms. The molecule has 0 amide bonds. The molecule has 0 saturated carbocycles. The zero-order valence-corrected chi connectivity index (χ0v) is 9.30. The van der Waals surface area contributed by atoms with Crippen LogP contribution in [0, 0.1) is 5.92 Å². The van der Waals surface area contributed by atoms with Crippen molar-refractivity contribution in [3.05, 3.63) is 0 Å². The molecule has 0 atom stereocenters.